The van der Waals surface area contributed by atoms with Gasteiger partial charge in [-0.2, -0.15) is 0 Å². The lowest BCUT2D eigenvalue weighted by Crippen LogP contribution is -2.18. The maximum absolute atomic E-state index is 12.7. The van der Waals surface area contributed by atoms with Crippen molar-refractivity contribution in [1.29, 1.82) is 0 Å². The first-order valence-corrected chi connectivity index (χ1v) is 9.12. The van der Waals surface area contributed by atoms with Gasteiger partial charge in [0.15, 0.2) is 11.5 Å². The molecular weight excluding hydrogens is 388 g/mol. The summed E-state index contributed by atoms with van der Waals surface area (Å²) in [6.45, 7) is 1.75. The van der Waals surface area contributed by atoms with Gasteiger partial charge in [-0.25, -0.2) is 9.78 Å². The minimum absolute atomic E-state index is 0.0306. The van der Waals surface area contributed by atoms with Crippen molar-refractivity contribution in [3.05, 3.63) is 59.5 Å². The van der Waals surface area contributed by atoms with Crippen LogP contribution in [0.2, 0.25) is 0 Å². The number of benzene rings is 2. The Morgan fingerprint density at radius 1 is 1.03 bits per heavy atom. The average molecular weight is 410 g/mol. The second-order valence-corrected chi connectivity index (χ2v) is 6.36. The van der Waals surface area contributed by atoms with Crippen molar-refractivity contribution in [1.82, 2.24) is 4.98 Å². The number of rotatable bonds is 7. The Hall–Kier alpha value is -3.81. The molecule has 1 aromatic heterocycles. The highest BCUT2D eigenvalue weighted by Gasteiger charge is 2.20. The molecule has 0 unspecified atom stereocenters. The largest absolute Gasteiger partial charge is 0.493 e. The Balaban J connectivity index is 1.84. The van der Waals surface area contributed by atoms with Crippen molar-refractivity contribution in [2.24, 2.45) is 0 Å². The molecule has 0 aliphatic heterocycles. The molecule has 1 N–H and O–H groups in total. The van der Waals surface area contributed by atoms with E-state index in [1.807, 2.05) is 30.3 Å². The number of amides is 1. The van der Waals surface area contributed by atoms with Gasteiger partial charge in [0.05, 0.1) is 44.7 Å². The minimum Gasteiger partial charge on any atom is -0.493 e. The van der Waals surface area contributed by atoms with Crippen LogP contribution in [0.1, 0.15) is 21.8 Å². The Morgan fingerprint density at radius 2 is 1.70 bits per heavy atom. The van der Waals surface area contributed by atoms with Crippen molar-refractivity contribution in [3.8, 4) is 23.0 Å². The standard InChI is InChI=1S/C22H22N2O6/c1-13-16(24-21(30-13)14-8-6-5-7-9-14)12-20(25)23-17-11-19(28-3)18(27-2)10-15(17)22(26)29-4/h5-11H,12H2,1-4H3,(H,23,25). The second kappa shape index (κ2) is 9.13. The number of aromatic nitrogens is 1. The van der Waals surface area contributed by atoms with Crippen LogP contribution < -0.4 is 14.8 Å². The van der Waals surface area contributed by atoms with Crippen LogP contribution in [0.25, 0.3) is 11.5 Å². The summed E-state index contributed by atoms with van der Waals surface area (Å²) in [4.78, 5) is 29.3. The Bertz CT molecular complexity index is 1060. The van der Waals surface area contributed by atoms with Gasteiger partial charge in [-0.15, -0.1) is 0 Å². The summed E-state index contributed by atoms with van der Waals surface area (Å²) in [6.07, 6.45) is -0.0306. The molecule has 30 heavy (non-hydrogen) atoms. The number of carbonyl (C=O) groups is 2. The zero-order valence-electron chi connectivity index (χ0n) is 17.1. The van der Waals surface area contributed by atoms with Crippen LogP contribution in [0.15, 0.2) is 46.9 Å². The van der Waals surface area contributed by atoms with Crippen LogP contribution in [0.5, 0.6) is 11.5 Å². The van der Waals surface area contributed by atoms with Gasteiger partial charge in [0.1, 0.15) is 5.76 Å². The molecule has 0 fully saturated rings. The summed E-state index contributed by atoms with van der Waals surface area (Å²) in [7, 11) is 4.18. The molecular formula is C22H22N2O6. The number of esters is 1. The number of aryl methyl sites for hydroxylation is 1. The summed E-state index contributed by atoms with van der Waals surface area (Å²) < 4.78 is 21.0. The average Bonchev–Trinajstić information content (AvgIpc) is 3.13. The van der Waals surface area contributed by atoms with Gasteiger partial charge in [-0.05, 0) is 19.1 Å². The summed E-state index contributed by atoms with van der Waals surface area (Å²) in [5.74, 6) is 0.709. The Kier molecular flexibility index (Phi) is 6.36. The molecule has 0 aliphatic rings. The SMILES string of the molecule is COC(=O)c1cc(OC)c(OC)cc1NC(=O)Cc1nc(-c2ccccc2)oc1C. The number of hydrogen-bond donors (Lipinski definition) is 1. The minimum atomic E-state index is -0.616. The van der Waals surface area contributed by atoms with Crippen molar-refractivity contribution in [3.63, 3.8) is 0 Å². The van der Waals surface area contributed by atoms with E-state index in [0.717, 1.165) is 5.56 Å². The molecule has 0 atom stereocenters. The molecule has 1 amide bonds. The van der Waals surface area contributed by atoms with E-state index in [9.17, 15) is 9.59 Å². The van der Waals surface area contributed by atoms with Gasteiger partial charge >= 0.3 is 5.97 Å². The van der Waals surface area contributed by atoms with Crippen molar-refractivity contribution in [2.45, 2.75) is 13.3 Å². The Morgan fingerprint density at radius 3 is 2.33 bits per heavy atom. The lowest BCUT2D eigenvalue weighted by atomic mass is 10.1. The van der Waals surface area contributed by atoms with Gasteiger partial charge in [-0.1, -0.05) is 18.2 Å². The lowest BCUT2D eigenvalue weighted by Gasteiger charge is -2.14. The number of oxazole rings is 1. The molecule has 0 saturated carbocycles. The number of hydrogen-bond acceptors (Lipinski definition) is 7. The van der Waals surface area contributed by atoms with E-state index in [-0.39, 0.29) is 23.6 Å². The van der Waals surface area contributed by atoms with Crippen LogP contribution in [0.3, 0.4) is 0 Å². The topological polar surface area (TPSA) is 99.9 Å². The predicted octanol–water partition coefficient (Wildman–Crippen LogP) is 3.64. The number of methoxy groups -OCH3 is 3. The lowest BCUT2D eigenvalue weighted by molar-refractivity contribution is -0.115. The number of ether oxygens (including phenoxy) is 3. The highest BCUT2D eigenvalue weighted by Crippen LogP contribution is 2.34. The third-order valence-electron chi connectivity index (χ3n) is 4.44. The van der Waals surface area contributed by atoms with Crippen LogP contribution in [0.4, 0.5) is 5.69 Å². The normalized spacial score (nSPS) is 10.4. The first kappa shape index (κ1) is 20.9. The van der Waals surface area contributed by atoms with Gasteiger partial charge in [0.2, 0.25) is 11.8 Å². The highest BCUT2D eigenvalue weighted by atomic mass is 16.5. The summed E-state index contributed by atoms with van der Waals surface area (Å²) in [5.41, 5.74) is 1.71. The summed E-state index contributed by atoms with van der Waals surface area (Å²) in [6, 6.07) is 12.4. The molecule has 8 heteroatoms. The fraction of sp³-hybridized carbons (Fsp3) is 0.227. The third-order valence-corrected chi connectivity index (χ3v) is 4.44. The monoisotopic (exact) mass is 410 g/mol. The number of carbonyl (C=O) groups excluding carboxylic acids is 2. The van der Waals surface area contributed by atoms with E-state index in [0.29, 0.717) is 28.8 Å². The van der Waals surface area contributed by atoms with Gasteiger partial charge in [0, 0.05) is 17.7 Å². The Labute approximate surface area is 173 Å². The van der Waals surface area contributed by atoms with E-state index >= 15 is 0 Å². The molecule has 8 nitrogen and oxygen atoms in total. The van der Waals surface area contributed by atoms with Crippen molar-refractivity contribution in [2.75, 3.05) is 26.6 Å². The number of nitrogens with one attached hydrogen (secondary N) is 1. The summed E-state index contributed by atoms with van der Waals surface area (Å²) >= 11 is 0. The van der Waals surface area contributed by atoms with Gasteiger partial charge < -0.3 is 23.9 Å². The van der Waals surface area contributed by atoms with Crippen molar-refractivity contribution >= 4 is 17.6 Å². The van der Waals surface area contributed by atoms with Gasteiger partial charge in [-0.3, -0.25) is 4.79 Å². The number of nitrogens with zero attached hydrogens (tertiary/aromatic N) is 1. The molecule has 0 saturated heterocycles. The maximum atomic E-state index is 12.7. The van der Waals surface area contributed by atoms with E-state index in [1.165, 1.54) is 33.5 Å². The predicted molar refractivity (Wildman–Crippen MR) is 110 cm³/mol. The van der Waals surface area contributed by atoms with Crippen LogP contribution >= 0.6 is 0 Å². The smallest absolute Gasteiger partial charge is 0.340 e. The third kappa shape index (κ3) is 4.43. The fourth-order valence-electron chi connectivity index (χ4n) is 2.90. The maximum Gasteiger partial charge on any atom is 0.340 e. The molecule has 3 aromatic rings. The molecule has 0 aliphatic carbocycles. The van der Waals surface area contributed by atoms with Gasteiger partial charge in [0.25, 0.3) is 0 Å². The zero-order valence-corrected chi connectivity index (χ0v) is 17.1. The molecule has 3 rings (SSSR count). The molecule has 1 heterocycles. The number of anilines is 1. The molecule has 0 spiro atoms. The van der Waals surface area contributed by atoms with Crippen LogP contribution in [0, 0.1) is 6.92 Å². The van der Waals surface area contributed by atoms with E-state index in [1.54, 1.807) is 6.92 Å². The second-order valence-electron chi connectivity index (χ2n) is 6.36. The first-order valence-electron chi connectivity index (χ1n) is 9.12. The molecule has 0 radical (unpaired) electrons. The quantitative estimate of drug-likeness (QED) is 0.594. The highest BCUT2D eigenvalue weighted by molar-refractivity contribution is 6.02. The molecule has 0 bridgehead atoms. The zero-order chi connectivity index (χ0) is 21.7. The first-order chi connectivity index (χ1) is 14.5. The van der Waals surface area contributed by atoms with E-state index in [2.05, 4.69) is 10.3 Å². The van der Waals surface area contributed by atoms with E-state index < -0.39 is 5.97 Å². The fourth-order valence-corrected chi connectivity index (χ4v) is 2.90. The van der Waals surface area contributed by atoms with Crippen LogP contribution in [-0.2, 0) is 16.0 Å². The van der Waals surface area contributed by atoms with Crippen molar-refractivity contribution < 1.29 is 28.2 Å². The molecule has 2 aromatic carbocycles. The summed E-state index contributed by atoms with van der Waals surface area (Å²) in [5, 5.41) is 2.72. The van der Waals surface area contributed by atoms with Crippen LogP contribution in [-0.4, -0.2) is 38.2 Å². The van der Waals surface area contributed by atoms with E-state index in [4.69, 9.17) is 18.6 Å². The molecule has 156 valence electrons.